The van der Waals surface area contributed by atoms with Gasteiger partial charge in [0.05, 0.1) is 0 Å². The first-order chi connectivity index (χ1) is 11.8. The Morgan fingerprint density at radius 2 is 1.71 bits per heavy atom. The van der Waals surface area contributed by atoms with Crippen molar-refractivity contribution in [1.82, 2.24) is 5.43 Å². The number of amides is 1. The van der Waals surface area contributed by atoms with Crippen molar-refractivity contribution in [3.05, 3.63) is 78.4 Å². The summed E-state index contributed by atoms with van der Waals surface area (Å²) in [5.74, 6) is 0.406. The number of hydrogen-bond acceptors (Lipinski definition) is 3. The first-order valence-electron chi connectivity index (χ1n) is 7.78. The Morgan fingerprint density at radius 3 is 2.58 bits per heavy atom. The van der Waals surface area contributed by atoms with Crippen molar-refractivity contribution in [3.63, 3.8) is 0 Å². The lowest BCUT2D eigenvalue weighted by molar-refractivity contribution is -0.123. The molecule has 0 spiro atoms. The third kappa shape index (κ3) is 4.20. The average molecular weight is 318 g/mol. The molecule has 3 rings (SSSR count). The Hall–Kier alpha value is -3.14. The van der Waals surface area contributed by atoms with Crippen LogP contribution in [0.1, 0.15) is 5.56 Å². The van der Waals surface area contributed by atoms with Crippen LogP contribution in [0.5, 0.6) is 5.75 Å². The number of hydrogen-bond donors (Lipinski definition) is 1. The molecule has 120 valence electrons. The van der Waals surface area contributed by atoms with Crippen LogP contribution in [0.2, 0.25) is 0 Å². The summed E-state index contributed by atoms with van der Waals surface area (Å²) < 4.78 is 5.61. The molecule has 1 amide bonds. The van der Waals surface area contributed by atoms with Crippen LogP contribution >= 0.6 is 0 Å². The molecule has 0 aliphatic rings. The number of hydrazone groups is 1. The van der Waals surface area contributed by atoms with Gasteiger partial charge in [0.1, 0.15) is 5.75 Å². The number of carbonyl (C=O) groups excluding carboxylic acids is 1. The van der Waals surface area contributed by atoms with Crippen LogP contribution in [-0.4, -0.2) is 18.7 Å². The van der Waals surface area contributed by atoms with E-state index in [-0.39, 0.29) is 12.5 Å². The lowest BCUT2D eigenvalue weighted by Crippen LogP contribution is -2.24. The van der Waals surface area contributed by atoms with Gasteiger partial charge in [-0.05, 0) is 17.0 Å². The van der Waals surface area contributed by atoms with E-state index in [1.165, 1.54) is 0 Å². The van der Waals surface area contributed by atoms with Crippen LogP contribution < -0.4 is 10.2 Å². The lowest BCUT2D eigenvalue weighted by atomic mass is 10.1. The maximum Gasteiger partial charge on any atom is 0.277 e. The Kier molecular flexibility index (Phi) is 5.20. The van der Waals surface area contributed by atoms with Crippen molar-refractivity contribution in [2.45, 2.75) is 6.42 Å². The first-order valence-corrected chi connectivity index (χ1v) is 7.78. The van der Waals surface area contributed by atoms with Gasteiger partial charge in [0.2, 0.25) is 0 Å². The van der Waals surface area contributed by atoms with Crippen molar-refractivity contribution >= 4 is 22.9 Å². The van der Waals surface area contributed by atoms with Gasteiger partial charge in [0, 0.05) is 18.0 Å². The third-order valence-corrected chi connectivity index (χ3v) is 3.56. The van der Waals surface area contributed by atoms with E-state index in [1.807, 2.05) is 72.8 Å². The van der Waals surface area contributed by atoms with Crippen LogP contribution in [0.15, 0.2) is 77.9 Å². The van der Waals surface area contributed by atoms with Gasteiger partial charge >= 0.3 is 0 Å². The molecule has 0 bridgehead atoms. The molecule has 0 aliphatic heterocycles. The number of nitrogens with zero attached hydrogens (tertiary/aromatic N) is 1. The van der Waals surface area contributed by atoms with Gasteiger partial charge < -0.3 is 4.74 Å². The van der Waals surface area contributed by atoms with Crippen LogP contribution in [0.4, 0.5) is 0 Å². The fraction of sp³-hybridized carbons (Fsp3) is 0.100. The summed E-state index contributed by atoms with van der Waals surface area (Å²) in [5, 5.41) is 6.00. The van der Waals surface area contributed by atoms with Gasteiger partial charge in [-0.2, -0.15) is 5.10 Å². The van der Waals surface area contributed by atoms with E-state index in [0.717, 1.165) is 16.3 Å². The molecule has 0 radical (unpaired) electrons. The van der Waals surface area contributed by atoms with E-state index in [1.54, 1.807) is 6.21 Å². The molecule has 0 aliphatic carbocycles. The second-order valence-electron chi connectivity index (χ2n) is 5.30. The number of carbonyl (C=O) groups is 1. The van der Waals surface area contributed by atoms with Gasteiger partial charge in [-0.1, -0.05) is 66.7 Å². The van der Waals surface area contributed by atoms with Crippen molar-refractivity contribution in [1.29, 1.82) is 0 Å². The Labute approximate surface area is 140 Å². The highest BCUT2D eigenvalue weighted by atomic mass is 16.5. The predicted octanol–water partition coefficient (Wildman–Crippen LogP) is 3.56. The van der Waals surface area contributed by atoms with Crippen LogP contribution in [0.25, 0.3) is 10.8 Å². The molecule has 4 heteroatoms. The monoisotopic (exact) mass is 318 g/mol. The summed E-state index contributed by atoms with van der Waals surface area (Å²) in [6.45, 7) is -0.0727. The number of rotatable bonds is 6. The zero-order chi connectivity index (χ0) is 16.6. The number of ether oxygens (including phenoxy) is 1. The minimum absolute atomic E-state index is 0.0727. The second-order valence-corrected chi connectivity index (χ2v) is 5.30. The topological polar surface area (TPSA) is 50.7 Å². The molecule has 0 saturated carbocycles. The zero-order valence-corrected chi connectivity index (χ0v) is 13.2. The molecule has 0 unspecified atom stereocenters. The maximum atomic E-state index is 11.8. The van der Waals surface area contributed by atoms with E-state index in [4.69, 9.17) is 4.74 Å². The second kappa shape index (κ2) is 7.92. The summed E-state index contributed by atoms with van der Waals surface area (Å²) in [6.07, 6.45) is 2.34. The van der Waals surface area contributed by atoms with Crippen LogP contribution in [0.3, 0.4) is 0 Å². The fourth-order valence-corrected chi connectivity index (χ4v) is 2.38. The molecule has 24 heavy (non-hydrogen) atoms. The highest BCUT2D eigenvalue weighted by Crippen LogP contribution is 2.24. The quantitative estimate of drug-likeness (QED) is 0.558. The molecule has 0 aromatic heterocycles. The van der Waals surface area contributed by atoms with Crippen LogP contribution in [-0.2, 0) is 11.2 Å². The van der Waals surface area contributed by atoms with Gasteiger partial charge in [0.25, 0.3) is 5.91 Å². The summed E-state index contributed by atoms with van der Waals surface area (Å²) in [7, 11) is 0. The average Bonchev–Trinajstić information content (AvgIpc) is 2.64. The molecule has 3 aromatic rings. The molecule has 0 saturated heterocycles. The van der Waals surface area contributed by atoms with E-state index < -0.39 is 0 Å². The minimum atomic E-state index is -0.285. The summed E-state index contributed by atoms with van der Waals surface area (Å²) in [5.41, 5.74) is 3.62. The Bertz CT molecular complexity index is 839. The smallest absolute Gasteiger partial charge is 0.277 e. The van der Waals surface area contributed by atoms with Gasteiger partial charge in [-0.15, -0.1) is 0 Å². The van der Waals surface area contributed by atoms with Gasteiger partial charge in [0.15, 0.2) is 6.61 Å². The van der Waals surface area contributed by atoms with Crippen molar-refractivity contribution < 1.29 is 9.53 Å². The van der Waals surface area contributed by atoms with E-state index in [9.17, 15) is 4.79 Å². The maximum absolute atomic E-state index is 11.8. The fourth-order valence-electron chi connectivity index (χ4n) is 2.38. The lowest BCUT2D eigenvalue weighted by Gasteiger charge is -2.08. The standard InChI is InChI=1S/C20H18N2O2/c23-20(22-21-14-13-16-7-2-1-3-8-16)15-24-19-12-6-10-17-9-4-5-11-18(17)19/h1-12,14H,13,15H2,(H,22,23). The highest BCUT2D eigenvalue weighted by Gasteiger charge is 2.04. The summed E-state index contributed by atoms with van der Waals surface area (Å²) in [4.78, 5) is 11.8. The Morgan fingerprint density at radius 1 is 0.958 bits per heavy atom. The number of nitrogens with one attached hydrogen (secondary N) is 1. The molecule has 0 heterocycles. The Balaban J connectivity index is 1.50. The molecule has 3 aromatic carbocycles. The van der Waals surface area contributed by atoms with Crippen molar-refractivity contribution in [2.75, 3.05) is 6.61 Å². The summed E-state index contributed by atoms with van der Waals surface area (Å²) >= 11 is 0. The SMILES string of the molecule is O=C(COc1cccc2ccccc12)NN=CCc1ccccc1. The van der Waals surface area contributed by atoms with Gasteiger partial charge in [-0.25, -0.2) is 5.43 Å². The van der Waals surface area contributed by atoms with E-state index in [0.29, 0.717) is 12.2 Å². The largest absolute Gasteiger partial charge is 0.483 e. The van der Waals surface area contributed by atoms with Gasteiger partial charge in [-0.3, -0.25) is 4.79 Å². The summed E-state index contributed by atoms with van der Waals surface area (Å²) in [6, 6.07) is 23.6. The van der Waals surface area contributed by atoms with Crippen LogP contribution in [0, 0.1) is 0 Å². The first kappa shape index (κ1) is 15.7. The molecular weight excluding hydrogens is 300 g/mol. The number of fused-ring (bicyclic) bond motifs is 1. The van der Waals surface area contributed by atoms with Crippen molar-refractivity contribution in [2.24, 2.45) is 5.10 Å². The molecule has 4 nitrogen and oxygen atoms in total. The van der Waals surface area contributed by atoms with E-state index in [2.05, 4.69) is 10.5 Å². The predicted molar refractivity (Wildman–Crippen MR) is 96.2 cm³/mol. The minimum Gasteiger partial charge on any atom is -0.483 e. The molecule has 1 N–H and O–H groups in total. The third-order valence-electron chi connectivity index (χ3n) is 3.56. The van der Waals surface area contributed by atoms with E-state index >= 15 is 0 Å². The number of benzene rings is 3. The molecule has 0 atom stereocenters. The normalized spacial score (nSPS) is 10.8. The highest BCUT2D eigenvalue weighted by molar-refractivity contribution is 5.88. The molecular formula is C20H18N2O2. The molecule has 0 fully saturated rings. The van der Waals surface area contributed by atoms with Crippen molar-refractivity contribution in [3.8, 4) is 5.75 Å². The zero-order valence-electron chi connectivity index (χ0n) is 13.2.